The summed E-state index contributed by atoms with van der Waals surface area (Å²) in [6.45, 7) is 6.17. The van der Waals surface area contributed by atoms with Gasteiger partial charge in [0.25, 0.3) is 0 Å². The molecule has 7 heteroatoms. The fourth-order valence-corrected chi connectivity index (χ4v) is 4.88. The van der Waals surface area contributed by atoms with Crippen molar-refractivity contribution in [3.05, 3.63) is 15.8 Å². The molecule has 0 saturated carbocycles. The van der Waals surface area contributed by atoms with Crippen LogP contribution in [0.3, 0.4) is 0 Å². The molecule has 0 aromatic carbocycles. The number of nitrogens with one attached hydrogen (secondary N) is 2. The Hall–Kier alpha value is -0.0800. The van der Waals surface area contributed by atoms with Crippen molar-refractivity contribution in [2.75, 3.05) is 25.1 Å². The standard InChI is InChI=1S/C13H24N2O2S3/c1-4-6-14-10-12-9-13(11(2)19-12)20(16,17)15-7-5-8-18-3/h9,14-15H,4-8,10H2,1-3H3. The molecule has 0 atom stereocenters. The molecule has 1 rings (SSSR count). The Morgan fingerprint density at radius 3 is 2.75 bits per heavy atom. The van der Waals surface area contributed by atoms with Crippen molar-refractivity contribution < 1.29 is 8.42 Å². The van der Waals surface area contributed by atoms with Gasteiger partial charge in [0, 0.05) is 22.8 Å². The molecule has 0 aliphatic rings. The first-order valence-corrected chi connectivity index (χ1v) is 10.5. The van der Waals surface area contributed by atoms with E-state index in [1.54, 1.807) is 29.2 Å². The highest BCUT2D eigenvalue weighted by molar-refractivity contribution is 7.98. The molecular weight excluding hydrogens is 312 g/mol. The Kier molecular flexibility index (Phi) is 8.13. The molecule has 0 bridgehead atoms. The second kappa shape index (κ2) is 9.04. The first-order chi connectivity index (χ1) is 9.51. The number of hydrogen-bond donors (Lipinski definition) is 2. The lowest BCUT2D eigenvalue weighted by atomic mass is 10.4. The highest BCUT2D eigenvalue weighted by Gasteiger charge is 2.19. The van der Waals surface area contributed by atoms with Crippen LogP contribution in [0.1, 0.15) is 29.5 Å². The Morgan fingerprint density at radius 1 is 1.35 bits per heavy atom. The van der Waals surface area contributed by atoms with Crippen molar-refractivity contribution in [3.8, 4) is 0 Å². The SMILES string of the molecule is CCCNCc1cc(S(=O)(=O)NCCCSC)c(C)s1. The molecule has 4 nitrogen and oxygen atoms in total. The predicted octanol–water partition coefficient (Wildman–Crippen LogP) is 2.59. The van der Waals surface area contributed by atoms with E-state index in [-0.39, 0.29) is 0 Å². The van der Waals surface area contributed by atoms with Gasteiger partial charge < -0.3 is 5.32 Å². The lowest BCUT2D eigenvalue weighted by Gasteiger charge is -2.05. The molecule has 20 heavy (non-hydrogen) atoms. The molecule has 0 aliphatic heterocycles. The minimum atomic E-state index is -3.36. The smallest absolute Gasteiger partial charge is 0.241 e. The Balaban J connectivity index is 2.64. The predicted molar refractivity (Wildman–Crippen MR) is 89.2 cm³/mol. The molecule has 0 amide bonds. The summed E-state index contributed by atoms with van der Waals surface area (Å²) < 4.78 is 27.1. The lowest BCUT2D eigenvalue weighted by molar-refractivity contribution is 0.581. The van der Waals surface area contributed by atoms with E-state index in [0.29, 0.717) is 11.4 Å². The summed E-state index contributed by atoms with van der Waals surface area (Å²) >= 11 is 3.28. The van der Waals surface area contributed by atoms with Crippen LogP contribution in [0.25, 0.3) is 0 Å². The van der Waals surface area contributed by atoms with Crippen LogP contribution >= 0.6 is 23.1 Å². The minimum absolute atomic E-state index is 0.431. The van der Waals surface area contributed by atoms with Crippen LogP contribution in [0.2, 0.25) is 0 Å². The van der Waals surface area contributed by atoms with Gasteiger partial charge in [-0.05, 0) is 44.4 Å². The van der Waals surface area contributed by atoms with E-state index in [0.717, 1.165) is 41.4 Å². The minimum Gasteiger partial charge on any atom is -0.312 e. The third-order valence-corrected chi connectivity index (χ3v) is 6.22. The normalized spacial score (nSPS) is 11.9. The molecule has 1 aromatic rings. The topological polar surface area (TPSA) is 58.2 Å². The molecule has 0 saturated heterocycles. The molecule has 0 radical (unpaired) electrons. The first kappa shape index (κ1) is 18.0. The average Bonchev–Trinajstić information content (AvgIpc) is 2.77. The van der Waals surface area contributed by atoms with E-state index in [1.807, 2.05) is 13.2 Å². The van der Waals surface area contributed by atoms with Gasteiger partial charge in [-0.25, -0.2) is 13.1 Å². The molecule has 1 aromatic heterocycles. The lowest BCUT2D eigenvalue weighted by Crippen LogP contribution is -2.25. The van der Waals surface area contributed by atoms with Crippen molar-refractivity contribution in [2.24, 2.45) is 0 Å². The Labute approximate surface area is 130 Å². The van der Waals surface area contributed by atoms with Crippen LogP contribution in [0.15, 0.2) is 11.0 Å². The van der Waals surface area contributed by atoms with Crippen molar-refractivity contribution >= 4 is 33.1 Å². The number of hydrogen-bond acceptors (Lipinski definition) is 5. The van der Waals surface area contributed by atoms with Crippen molar-refractivity contribution in [3.63, 3.8) is 0 Å². The van der Waals surface area contributed by atoms with Crippen LogP contribution in [-0.4, -0.2) is 33.5 Å². The van der Waals surface area contributed by atoms with Crippen LogP contribution in [0, 0.1) is 6.92 Å². The van der Waals surface area contributed by atoms with E-state index < -0.39 is 10.0 Å². The summed E-state index contributed by atoms with van der Waals surface area (Å²) in [5.74, 6) is 0.970. The highest BCUT2D eigenvalue weighted by Crippen LogP contribution is 2.25. The summed E-state index contributed by atoms with van der Waals surface area (Å²) in [5.41, 5.74) is 0. The zero-order valence-electron chi connectivity index (χ0n) is 12.4. The molecule has 0 unspecified atom stereocenters. The molecule has 2 N–H and O–H groups in total. The average molecular weight is 337 g/mol. The van der Waals surface area contributed by atoms with Gasteiger partial charge in [-0.15, -0.1) is 11.3 Å². The van der Waals surface area contributed by atoms with Crippen molar-refractivity contribution in [1.29, 1.82) is 0 Å². The maximum atomic E-state index is 12.2. The Morgan fingerprint density at radius 2 is 2.10 bits per heavy atom. The summed E-state index contributed by atoms with van der Waals surface area (Å²) in [6.07, 6.45) is 3.95. The quantitative estimate of drug-likeness (QED) is 0.645. The van der Waals surface area contributed by atoms with Crippen molar-refractivity contribution in [2.45, 2.75) is 38.1 Å². The second-order valence-corrected chi connectivity index (χ2v) is 8.62. The van der Waals surface area contributed by atoms with Crippen LogP contribution in [-0.2, 0) is 16.6 Å². The zero-order chi connectivity index (χ0) is 15.0. The van der Waals surface area contributed by atoms with Gasteiger partial charge in [-0.2, -0.15) is 11.8 Å². The summed E-state index contributed by atoms with van der Waals surface area (Å²) in [5, 5.41) is 3.30. The van der Waals surface area contributed by atoms with Gasteiger partial charge in [-0.1, -0.05) is 6.92 Å². The third kappa shape index (κ3) is 5.73. The van der Waals surface area contributed by atoms with Gasteiger partial charge in [0.15, 0.2) is 0 Å². The summed E-state index contributed by atoms with van der Waals surface area (Å²) in [6, 6.07) is 1.79. The summed E-state index contributed by atoms with van der Waals surface area (Å²) in [7, 11) is -3.36. The molecule has 116 valence electrons. The number of thiophene rings is 1. The fraction of sp³-hybridized carbons (Fsp3) is 0.692. The maximum Gasteiger partial charge on any atom is 0.241 e. The molecule has 0 aliphatic carbocycles. The molecule has 0 fully saturated rings. The van der Waals surface area contributed by atoms with E-state index in [4.69, 9.17) is 0 Å². The van der Waals surface area contributed by atoms with E-state index in [2.05, 4.69) is 17.0 Å². The zero-order valence-corrected chi connectivity index (χ0v) is 14.8. The van der Waals surface area contributed by atoms with Gasteiger partial charge >= 0.3 is 0 Å². The second-order valence-electron chi connectivity index (χ2n) is 4.55. The largest absolute Gasteiger partial charge is 0.312 e. The fourth-order valence-electron chi connectivity index (χ4n) is 1.77. The van der Waals surface area contributed by atoms with E-state index >= 15 is 0 Å². The maximum absolute atomic E-state index is 12.2. The number of thioether (sulfide) groups is 1. The van der Waals surface area contributed by atoms with Gasteiger partial charge in [0.1, 0.15) is 0 Å². The van der Waals surface area contributed by atoms with Crippen molar-refractivity contribution in [1.82, 2.24) is 10.0 Å². The van der Waals surface area contributed by atoms with Gasteiger partial charge in [0.05, 0.1) is 4.90 Å². The van der Waals surface area contributed by atoms with E-state index in [9.17, 15) is 8.42 Å². The third-order valence-electron chi connectivity index (χ3n) is 2.76. The number of rotatable bonds is 10. The molecular formula is C13H24N2O2S3. The van der Waals surface area contributed by atoms with Gasteiger partial charge in [0.2, 0.25) is 10.0 Å². The Bertz CT molecular complexity index is 498. The van der Waals surface area contributed by atoms with E-state index in [1.165, 1.54) is 0 Å². The number of sulfonamides is 1. The monoisotopic (exact) mass is 336 g/mol. The molecule has 1 heterocycles. The number of aryl methyl sites for hydroxylation is 1. The van der Waals surface area contributed by atoms with Crippen LogP contribution < -0.4 is 10.0 Å². The van der Waals surface area contributed by atoms with Crippen LogP contribution in [0.4, 0.5) is 0 Å². The first-order valence-electron chi connectivity index (χ1n) is 6.80. The molecule has 0 spiro atoms. The van der Waals surface area contributed by atoms with Gasteiger partial charge in [-0.3, -0.25) is 0 Å². The van der Waals surface area contributed by atoms with Crippen LogP contribution in [0.5, 0.6) is 0 Å². The summed E-state index contributed by atoms with van der Waals surface area (Å²) in [4.78, 5) is 2.36. The highest BCUT2D eigenvalue weighted by atomic mass is 32.2.